The second-order valence-corrected chi connectivity index (χ2v) is 11.6. The molecule has 0 aliphatic heterocycles. The van der Waals surface area contributed by atoms with Crippen molar-refractivity contribution in [2.45, 2.75) is 99.0 Å². The largest absolute Gasteiger partial charge is 0.393 e. The summed E-state index contributed by atoms with van der Waals surface area (Å²) in [6.45, 7) is 14.5. The summed E-state index contributed by atoms with van der Waals surface area (Å²) < 4.78 is 0. The normalized spacial score (nSPS) is 39.5. The summed E-state index contributed by atoms with van der Waals surface area (Å²) in [5.41, 5.74) is 6.96. The molecule has 6 atom stereocenters. The maximum atomic E-state index is 10.2. The molecule has 166 valence electrons. The number of aliphatic hydroxyl groups is 1. The summed E-state index contributed by atoms with van der Waals surface area (Å²) in [5, 5.41) is 10.2. The molecule has 0 aromatic rings. The van der Waals surface area contributed by atoms with Crippen molar-refractivity contribution >= 4 is 0 Å². The third-order valence-corrected chi connectivity index (χ3v) is 9.73. The number of aliphatic hydroxyl groups excluding tert-OH is 1. The summed E-state index contributed by atoms with van der Waals surface area (Å²) >= 11 is 0. The van der Waals surface area contributed by atoms with Gasteiger partial charge in [0.2, 0.25) is 0 Å². The van der Waals surface area contributed by atoms with E-state index in [1.54, 1.807) is 16.7 Å². The molecular formula is C29H44O. The van der Waals surface area contributed by atoms with E-state index in [2.05, 4.69) is 65.8 Å². The van der Waals surface area contributed by atoms with Crippen LogP contribution in [0.5, 0.6) is 0 Å². The van der Waals surface area contributed by atoms with Crippen molar-refractivity contribution < 1.29 is 5.11 Å². The molecule has 1 nitrogen and oxygen atoms in total. The topological polar surface area (TPSA) is 20.2 Å². The molecule has 30 heavy (non-hydrogen) atoms. The molecule has 4 rings (SSSR count). The van der Waals surface area contributed by atoms with Crippen molar-refractivity contribution in [3.63, 3.8) is 0 Å². The van der Waals surface area contributed by atoms with Crippen LogP contribution >= 0.6 is 0 Å². The molecule has 4 aliphatic carbocycles. The van der Waals surface area contributed by atoms with Gasteiger partial charge in [0.1, 0.15) is 0 Å². The molecular weight excluding hydrogens is 364 g/mol. The molecule has 1 N–H and O–H groups in total. The van der Waals surface area contributed by atoms with E-state index < -0.39 is 0 Å². The van der Waals surface area contributed by atoms with Gasteiger partial charge in [0, 0.05) is 5.41 Å². The minimum Gasteiger partial charge on any atom is -0.393 e. The summed E-state index contributed by atoms with van der Waals surface area (Å²) in [6.07, 6.45) is 19.2. The van der Waals surface area contributed by atoms with Crippen molar-refractivity contribution in [2.75, 3.05) is 0 Å². The van der Waals surface area contributed by atoms with E-state index in [-0.39, 0.29) is 11.5 Å². The fourth-order valence-corrected chi connectivity index (χ4v) is 7.69. The predicted molar refractivity (Wildman–Crippen MR) is 128 cm³/mol. The molecule has 1 heteroatoms. The van der Waals surface area contributed by atoms with Crippen LogP contribution in [0.15, 0.2) is 46.6 Å². The summed E-state index contributed by atoms with van der Waals surface area (Å²) in [6, 6.07) is 0. The van der Waals surface area contributed by atoms with E-state index in [0.29, 0.717) is 11.3 Å². The quantitative estimate of drug-likeness (QED) is 0.460. The van der Waals surface area contributed by atoms with E-state index >= 15 is 0 Å². The van der Waals surface area contributed by atoms with Crippen LogP contribution in [-0.4, -0.2) is 11.2 Å². The monoisotopic (exact) mass is 408 g/mol. The average molecular weight is 409 g/mol. The number of rotatable bonds is 5. The Morgan fingerprint density at radius 3 is 2.63 bits per heavy atom. The highest BCUT2D eigenvalue weighted by molar-refractivity contribution is 5.53. The van der Waals surface area contributed by atoms with Gasteiger partial charge in [-0.2, -0.15) is 0 Å². The van der Waals surface area contributed by atoms with Gasteiger partial charge in [-0.1, -0.05) is 70.1 Å². The van der Waals surface area contributed by atoms with Gasteiger partial charge >= 0.3 is 0 Å². The smallest absolute Gasteiger partial charge is 0.0578 e. The van der Waals surface area contributed by atoms with Crippen LogP contribution in [0.2, 0.25) is 0 Å². The van der Waals surface area contributed by atoms with E-state index in [9.17, 15) is 5.11 Å². The third-order valence-electron chi connectivity index (χ3n) is 9.73. The Morgan fingerprint density at radius 1 is 1.17 bits per heavy atom. The van der Waals surface area contributed by atoms with Crippen LogP contribution in [0.25, 0.3) is 0 Å². The first-order valence-electron chi connectivity index (χ1n) is 12.7. The minimum atomic E-state index is -0.140. The van der Waals surface area contributed by atoms with E-state index in [1.165, 1.54) is 37.7 Å². The van der Waals surface area contributed by atoms with Crippen molar-refractivity contribution in [2.24, 2.45) is 34.5 Å². The van der Waals surface area contributed by atoms with Crippen LogP contribution in [-0.2, 0) is 0 Å². The molecule has 0 heterocycles. The average Bonchev–Trinajstić information content (AvgIpc) is 3.06. The predicted octanol–water partition coefficient (Wildman–Crippen LogP) is 7.79. The SMILES string of the molecule is C/C=C(/CC[C@@H](C)[C@H]1CC[C@H]2C3=CC=C4C[C@@H](O)CC[C@]4(C)C3=CC[C@]12C)C(C)C. The molecule has 2 saturated carbocycles. The molecule has 0 unspecified atom stereocenters. The Morgan fingerprint density at radius 2 is 1.93 bits per heavy atom. The summed E-state index contributed by atoms with van der Waals surface area (Å²) in [7, 11) is 0. The summed E-state index contributed by atoms with van der Waals surface area (Å²) in [5.74, 6) is 3.02. The first-order chi connectivity index (χ1) is 14.2. The van der Waals surface area contributed by atoms with Crippen molar-refractivity contribution in [1.82, 2.24) is 0 Å². The second kappa shape index (κ2) is 8.12. The van der Waals surface area contributed by atoms with Crippen molar-refractivity contribution in [3.8, 4) is 0 Å². The molecule has 0 aromatic heterocycles. The highest BCUT2D eigenvalue weighted by Crippen LogP contribution is 2.64. The minimum absolute atomic E-state index is 0.140. The lowest BCUT2D eigenvalue weighted by molar-refractivity contribution is 0.107. The third kappa shape index (κ3) is 3.50. The van der Waals surface area contributed by atoms with Gasteiger partial charge in [0.05, 0.1) is 6.10 Å². The Balaban J connectivity index is 1.56. The Labute approximate surface area is 185 Å². The molecule has 0 bridgehead atoms. The first-order valence-corrected chi connectivity index (χ1v) is 12.7. The Kier molecular flexibility index (Phi) is 5.99. The number of fused-ring (bicyclic) bond motifs is 5. The van der Waals surface area contributed by atoms with E-state index in [1.807, 2.05) is 0 Å². The zero-order valence-electron chi connectivity index (χ0n) is 20.3. The van der Waals surface area contributed by atoms with Crippen LogP contribution in [0.4, 0.5) is 0 Å². The lowest BCUT2D eigenvalue weighted by Gasteiger charge is -2.50. The fourth-order valence-electron chi connectivity index (χ4n) is 7.69. The number of hydrogen-bond donors (Lipinski definition) is 1. The number of hydrogen-bond acceptors (Lipinski definition) is 1. The maximum Gasteiger partial charge on any atom is 0.0578 e. The molecule has 0 spiro atoms. The van der Waals surface area contributed by atoms with Crippen LogP contribution in [0, 0.1) is 34.5 Å². The zero-order valence-corrected chi connectivity index (χ0v) is 20.3. The van der Waals surface area contributed by atoms with Crippen molar-refractivity contribution in [3.05, 3.63) is 46.6 Å². The van der Waals surface area contributed by atoms with E-state index in [4.69, 9.17) is 0 Å². The summed E-state index contributed by atoms with van der Waals surface area (Å²) in [4.78, 5) is 0. The molecule has 0 saturated heterocycles. The lowest BCUT2D eigenvalue weighted by atomic mass is 9.54. The zero-order chi connectivity index (χ0) is 21.7. The molecule has 0 amide bonds. The van der Waals surface area contributed by atoms with Crippen LogP contribution < -0.4 is 0 Å². The van der Waals surface area contributed by atoms with Crippen molar-refractivity contribution in [1.29, 1.82) is 0 Å². The van der Waals surface area contributed by atoms with Gasteiger partial charge < -0.3 is 5.11 Å². The number of allylic oxidation sites excluding steroid dienone is 7. The van der Waals surface area contributed by atoms with Gasteiger partial charge in [0.25, 0.3) is 0 Å². The molecule has 4 aliphatic rings. The molecule has 0 radical (unpaired) electrons. The van der Waals surface area contributed by atoms with Gasteiger partial charge in [-0.15, -0.1) is 0 Å². The van der Waals surface area contributed by atoms with E-state index in [0.717, 1.165) is 37.0 Å². The van der Waals surface area contributed by atoms with Gasteiger partial charge in [0.15, 0.2) is 0 Å². The Bertz CT molecular complexity index is 793. The second-order valence-electron chi connectivity index (χ2n) is 11.6. The molecule has 2 fully saturated rings. The first kappa shape index (κ1) is 22.1. The highest BCUT2D eigenvalue weighted by Gasteiger charge is 2.54. The van der Waals surface area contributed by atoms with Gasteiger partial charge in [-0.25, -0.2) is 0 Å². The molecule has 0 aromatic carbocycles. The van der Waals surface area contributed by atoms with Gasteiger partial charge in [-0.05, 0) is 98.5 Å². The fraction of sp³-hybridized carbons (Fsp3) is 0.724. The maximum absolute atomic E-state index is 10.2. The Hall–Kier alpha value is -1.08. The standard InChI is InChI=1S/C29H44O/c1-7-21(19(2)3)9-8-20(4)25-12-13-26-24-11-10-22-18-23(30)14-16-28(22,5)27(24)15-17-29(25,26)6/h7,10-11,15,19-20,23,25-26,30H,8-9,12-14,16-18H2,1-6H3/b21-7-/t20-,23+,25-,26+,28+,29-/m1/s1. The lowest BCUT2D eigenvalue weighted by Crippen LogP contribution is -2.41. The van der Waals surface area contributed by atoms with Crippen LogP contribution in [0.1, 0.15) is 92.9 Å². The van der Waals surface area contributed by atoms with Gasteiger partial charge in [-0.3, -0.25) is 0 Å². The highest BCUT2D eigenvalue weighted by atomic mass is 16.3. The van der Waals surface area contributed by atoms with Crippen LogP contribution in [0.3, 0.4) is 0 Å².